The van der Waals surface area contributed by atoms with E-state index in [9.17, 15) is 14.4 Å². The van der Waals surface area contributed by atoms with E-state index >= 15 is 0 Å². The highest BCUT2D eigenvalue weighted by atomic mass is 16.5. The number of hydrogen-bond acceptors (Lipinski definition) is 4. The molecule has 0 bridgehead atoms. The Morgan fingerprint density at radius 2 is 1.95 bits per heavy atom. The summed E-state index contributed by atoms with van der Waals surface area (Å²) >= 11 is 0. The van der Waals surface area contributed by atoms with E-state index in [0.29, 0.717) is 39.3 Å². The van der Waals surface area contributed by atoms with Crippen LogP contribution in [0, 0.1) is 0 Å². The van der Waals surface area contributed by atoms with Crippen molar-refractivity contribution < 1.29 is 24.2 Å². The van der Waals surface area contributed by atoms with Gasteiger partial charge in [0.05, 0.1) is 13.2 Å². The summed E-state index contributed by atoms with van der Waals surface area (Å²) in [6, 6.07) is -1.22. The van der Waals surface area contributed by atoms with E-state index in [0.717, 1.165) is 0 Å². The molecule has 1 heterocycles. The fourth-order valence-electron chi connectivity index (χ4n) is 2.08. The van der Waals surface area contributed by atoms with Crippen molar-refractivity contribution in [2.45, 2.75) is 26.3 Å². The van der Waals surface area contributed by atoms with Gasteiger partial charge in [-0.3, -0.25) is 9.59 Å². The van der Waals surface area contributed by atoms with Crippen LogP contribution in [0.15, 0.2) is 0 Å². The van der Waals surface area contributed by atoms with Crippen LogP contribution in [0.25, 0.3) is 0 Å². The second kappa shape index (κ2) is 8.46. The number of carboxylic acid groups (broad SMARTS) is 1. The number of aliphatic carboxylic acids is 1. The van der Waals surface area contributed by atoms with E-state index in [4.69, 9.17) is 9.84 Å². The van der Waals surface area contributed by atoms with Crippen molar-refractivity contribution >= 4 is 17.9 Å². The molecule has 3 amide bonds. The lowest BCUT2D eigenvalue weighted by molar-refractivity contribution is -0.137. The van der Waals surface area contributed by atoms with E-state index in [1.54, 1.807) is 11.8 Å². The minimum Gasteiger partial charge on any atom is -0.480 e. The highest BCUT2D eigenvalue weighted by Gasteiger charge is 2.25. The van der Waals surface area contributed by atoms with E-state index in [-0.39, 0.29) is 12.5 Å². The number of hydrogen-bond donors (Lipinski definition) is 2. The van der Waals surface area contributed by atoms with Crippen LogP contribution in [0.1, 0.15) is 20.3 Å². The molecule has 1 aliphatic rings. The van der Waals surface area contributed by atoms with Crippen molar-refractivity contribution in [1.82, 2.24) is 15.1 Å². The van der Waals surface area contributed by atoms with Gasteiger partial charge >= 0.3 is 12.0 Å². The topological polar surface area (TPSA) is 99.2 Å². The summed E-state index contributed by atoms with van der Waals surface area (Å²) < 4.78 is 5.17. The Morgan fingerprint density at radius 3 is 2.48 bits per heavy atom. The maximum atomic E-state index is 12.2. The first kappa shape index (κ1) is 17.2. The molecule has 2 N–H and O–H groups in total. The zero-order valence-electron chi connectivity index (χ0n) is 12.5. The molecule has 1 aliphatic heterocycles. The third-order valence-corrected chi connectivity index (χ3v) is 3.14. The maximum absolute atomic E-state index is 12.2. The molecule has 8 nitrogen and oxygen atoms in total. The van der Waals surface area contributed by atoms with E-state index in [1.807, 2.05) is 6.92 Å². The summed E-state index contributed by atoms with van der Waals surface area (Å²) in [5.41, 5.74) is 0. The third kappa shape index (κ3) is 5.58. The standard InChI is InChI=1S/C13H23N3O5/c1-3-4-16(9-11(17)18)13(20)14-10(2)12(19)15-5-7-21-8-6-15/h10H,3-9H2,1-2H3,(H,14,20)(H,17,18). The first-order valence-corrected chi connectivity index (χ1v) is 7.09. The largest absolute Gasteiger partial charge is 0.480 e. The fraction of sp³-hybridized carbons (Fsp3) is 0.769. The van der Waals surface area contributed by atoms with Crippen molar-refractivity contribution in [1.29, 1.82) is 0 Å². The van der Waals surface area contributed by atoms with Gasteiger partial charge in [0, 0.05) is 19.6 Å². The number of rotatable bonds is 6. The van der Waals surface area contributed by atoms with Gasteiger partial charge in [0.15, 0.2) is 0 Å². The molecule has 1 saturated heterocycles. The molecule has 21 heavy (non-hydrogen) atoms. The Bertz CT molecular complexity index is 382. The first-order chi connectivity index (χ1) is 9.95. The summed E-state index contributed by atoms with van der Waals surface area (Å²) in [5, 5.41) is 11.4. The summed E-state index contributed by atoms with van der Waals surface area (Å²) in [4.78, 5) is 37.7. The van der Waals surface area contributed by atoms with Crippen LogP contribution in [0.4, 0.5) is 4.79 Å². The van der Waals surface area contributed by atoms with Crippen molar-refractivity contribution in [2.24, 2.45) is 0 Å². The van der Waals surface area contributed by atoms with Gasteiger partial charge in [-0.25, -0.2) is 4.79 Å². The van der Waals surface area contributed by atoms with Gasteiger partial charge in [0.1, 0.15) is 12.6 Å². The lowest BCUT2D eigenvalue weighted by atomic mass is 10.2. The molecule has 0 aromatic carbocycles. The average Bonchev–Trinajstić information content (AvgIpc) is 2.46. The minimum absolute atomic E-state index is 0.182. The number of amides is 3. The Labute approximate surface area is 124 Å². The summed E-state index contributed by atoms with van der Waals surface area (Å²) in [5.74, 6) is -1.26. The van der Waals surface area contributed by atoms with E-state index < -0.39 is 18.0 Å². The average molecular weight is 301 g/mol. The van der Waals surface area contributed by atoms with Crippen LogP contribution < -0.4 is 5.32 Å². The van der Waals surface area contributed by atoms with Gasteiger partial charge in [-0.05, 0) is 13.3 Å². The van der Waals surface area contributed by atoms with Gasteiger partial charge in [-0.1, -0.05) is 6.92 Å². The Hall–Kier alpha value is -1.83. The number of morpholine rings is 1. The van der Waals surface area contributed by atoms with Gasteiger partial charge in [0.2, 0.25) is 5.91 Å². The third-order valence-electron chi connectivity index (χ3n) is 3.14. The van der Waals surface area contributed by atoms with Crippen molar-refractivity contribution in [3.63, 3.8) is 0 Å². The zero-order valence-corrected chi connectivity index (χ0v) is 12.5. The van der Waals surface area contributed by atoms with Crippen molar-refractivity contribution in [2.75, 3.05) is 39.4 Å². The SMILES string of the molecule is CCCN(CC(=O)O)C(=O)NC(C)C(=O)N1CCOCC1. The Kier molecular flexibility index (Phi) is 6.93. The van der Waals surface area contributed by atoms with E-state index in [2.05, 4.69) is 5.32 Å². The molecule has 1 fully saturated rings. The van der Waals surface area contributed by atoms with Crippen LogP contribution in [0.2, 0.25) is 0 Å². The lowest BCUT2D eigenvalue weighted by Crippen LogP contribution is -2.53. The van der Waals surface area contributed by atoms with Crippen LogP contribution in [-0.2, 0) is 14.3 Å². The van der Waals surface area contributed by atoms with Gasteiger partial charge < -0.3 is 25.0 Å². The summed E-state index contributed by atoms with van der Waals surface area (Å²) in [6.07, 6.45) is 0.645. The van der Waals surface area contributed by atoms with Gasteiger partial charge in [0.25, 0.3) is 0 Å². The molecule has 0 radical (unpaired) electrons. The molecule has 0 spiro atoms. The van der Waals surface area contributed by atoms with E-state index in [1.165, 1.54) is 4.90 Å². The maximum Gasteiger partial charge on any atom is 0.323 e. The normalized spacial score (nSPS) is 16.2. The second-order valence-corrected chi connectivity index (χ2v) is 4.92. The number of carboxylic acids is 1. The number of carbonyl (C=O) groups excluding carboxylic acids is 2. The number of nitrogens with zero attached hydrogens (tertiary/aromatic N) is 2. The predicted octanol–water partition coefficient (Wildman–Crippen LogP) is -0.260. The highest BCUT2D eigenvalue weighted by molar-refractivity contribution is 5.87. The highest BCUT2D eigenvalue weighted by Crippen LogP contribution is 2.02. The molecule has 0 aliphatic carbocycles. The quantitative estimate of drug-likeness (QED) is 0.704. The van der Waals surface area contributed by atoms with Crippen molar-refractivity contribution in [3.8, 4) is 0 Å². The minimum atomic E-state index is -1.08. The van der Waals surface area contributed by atoms with Crippen LogP contribution >= 0.6 is 0 Å². The fourth-order valence-corrected chi connectivity index (χ4v) is 2.08. The molecule has 1 atom stereocenters. The smallest absolute Gasteiger partial charge is 0.323 e. The predicted molar refractivity (Wildman–Crippen MR) is 74.9 cm³/mol. The summed E-state index contributed by atoms with van der Waals surface area (Å²) in [6.45, 7) is 5.40. The van der Waals surface area contributed by atoms with Crippen LogP contribution in [-0.4, -0.2) is 78.2 Å². The molecule has 1 unspecified atom stereocenters. The molecule has 120 valence electrons. The number of carbonyl (C=O) groups is 3. The zero-order chi connectivity index (χ0) is 15.8. The molecule has 8 heteroatoms. The van der Waals surface area contributed by atoms with Crippen LogP contribution in [0.5, 0.6) is 0 Å². The lowest BCUT2D eigenvalue weighted by Gasteiger charge is -2.30. The molecule has 1 rings (SSSR count). The second-order valence-electron chi connectivity index (χ2n) is 4.92. The van der Waals surface area contributed by atoms with Crippen LogP contribution in [0.3, 0.4) is 0 Å². The number of nitrogens with one attached hydrogen (secondary N) is 1. The monoisotopic (exact) mass is 301 g/mol. The molecular formula is C13H23N3O5. The first-order valence-electron chi connectivity index (χ1n) is 7.09. The number of urea groups is 1. The summed E-state index contributed by atoms with van der Waals surface area (Å²) in [7, 11) is 0. The van der Waals surface area contributed by atoms with Gasteiger partial charge in [-0.2, -0.15) is 0 Å². The van der Waals surface area contributed by atoms with Gasteiger partial charge in [-0.15, -0.1) is 0 Å². The Balaban J connectivity index is 2.53. The molecular weight excluding hydrogens is 278 g/mol. The molecule has 0 aromatic rings. The number of ether oxygens (including phenoxy) is 1. The van der Waals surface area contributed by atoms with Crippen molar-refractivity contribution in [3.05, 3.63) is 0 Å². The molecule has 0 aromatic heterocycles. The Morgan fingerprint density at radius 1 is 1.33 bits per heavy atom. The molecule has 0 saturated carbocycles.